The van der Waals surface area contributed by atoms with Crippen molar-refractivity contribution in [3.63, 3.8) is 0 Å². The van der Waals surface area contributed by atoms with Crippen molar-refractivity contribution in [2.45, 2.75) is 41.5 Å². The molecule has 0 unspecified atom stereocenters. The predicted molar refractivity (Wildman–Crippen MR) is 161 cm³/mol. The third-order valence-corrected chi connectivity index (χ3v) is 6.73. The molecule has 0 saturated heterocycles. The Labute approximate surface area is 230 Å². The number of aromatic amines is 1. The summed E-state index contributed by atoms with van der Waals surface area (Å²) < 4.78 is 0. The second-order valence-corrected chi connectivity index (χ2v) is 10.2. The van der Waals surface area contributed by atoms with E-state index in [4.69, 9.17) is 15.0 Å². The lowest BCUT2D eigenvalue weighted by atomic mass is 10.0. The number of aromatic nitrogens is 3. The van der Waals surface area contributed by atoms with Gasteiger partial charge in [-0.2, -0.15) is 5.10 Å². The van der Waals surface area contributed by atoms with Crippen molar-refractivity contribution in [3.8, 4) is 0 Å². The van der Waals surface area contributed by atoms with Crippen LogP contribution in [-0.2, 0) is 0 Å². The average molecular weight is 512 g/mol. The topological polar surface area (TPSA) is 66.3 Å². The number of benzene rings is 4. The fourth-order valence-corrected chi connectivity index (χ4v) is 5.08. The van der Waals surface area contributed by atoms with E-state index in [1.165, 1.54) is 11.1 Å². The van der Waals surface area contributed by atoms with Crippen molar-refractivity contribution in [1.29, 1.82) is 0 Å². The minimum atomic E-state index is 0.525. The summed E-state index contributed by atoms with van der Waals surface area (Å²) in [4.78, 5) is 15.3. The van der Waals surface area contributed by atoms with Crippen molar-refractivity contribution in [3.05, 3.63) is 141 Å². The SMILES string of the molecule is Cc1cc(C)c(N=C(c2ccccc2)c2n[nH]c(C(=Nc3c(C)cc(C)cc3C)c3ccccc3)n2)c(C)c1. The van der Waals surface area contributed by atoms with Gasteiger partial charge >= 0.3 is 0 Å². The van der Waals surface area contributed by atoms with E-state index in [2.05, 4.69) is 76.0 Å². The Morgan fingerprint density at radius 2 is 0.974 bits per heavy atom. The van der Waals surface area contributed by atoms with Crippen LogP contribution in [0.15, 0.2) is 94.9 Å². The molecule has 194 valence electrons. The smallest absolute Gasteiger partial charge is 0.200 e. The van der Waals surface area contributed by atoms with E-state index in [0.717, 1.165) is 50.5 Å². The molecule has 0 fully saturated rings. The van der Waals surface area contributed by atoms with E-state index in [1.807, 2.05) is 60.7 Å². The maximum atomic E-state index is 5.15. The van der Waals surface area contributed by atoms with Gasteiger partial charge in [-0.3, -0.25) is 5.10 Å². The van der Waals surface area contributed by atoms with Crippen LogP contribution in [-0.4, -0.2) is 26.6 Å². The van der Waals surface area contributed by atoms with Crippen LogP contribution < -0.4 is 0 Å². The highest BCUT2D eigenvalue weighted by molar-refractivity contribution is 6.14. The molecule has 5 nitrogen and oxygen atoms in total. The van der Waals surface area contributed by atoms with E-state index < -0.39 is 0 Å². The zero-order valence-corrected chi connectivity index (χ0v) is 23.4. The Morgan fingerprint density at radius 3 is 1.44 bits per heavy atom. The van der Waals surface area contributed by atoms with Gasteiger partial charge in [-0.15, -0.1) is 0 Å². The summed E-state index contributed by atoms with van der Waals surface area (Å²) in [7, 11) is 0. The molecule has 0 aliphatic carbocycles. The lowest BCUT2D eigenvalue weighted by Gasteiger charge is -2.10. The van der Waals surface area contributed by atoms with E-state index in [1.54, 1.807) is 0 Å². The second kappa shape index (κ2) is 11.0. The Morgan fingerprint density at radius 1 is 0.564 bits per heavy atom. The number of hydrogen-bond acceptors (Lipinski definition) is 4. The zero-order chi connectivity index (χ0) is 27.5. The molecule has 0 aliphatic heterocycles. The highest BCUT2D eigenvalue weighted by atomic mass is 15.2. The van der Waals surface area contributed by atoms with E-state index in [-0.39, 0.29) is 0 Å². The first-order valence-electron chi connectivity index (χ1n) is 13.2. The van der Waals surface area contributed by atoms with Crippen molar-refractivity contribution < 1.29 is 0 Å². The van der Waals surface area contributed by atoms with Gasteiger partial charge < -0.3 is 0 Å². The van der Waals surface area contributed by atoms with E-state index in [9.17, 15) is 0 Å². The quantitative estimate of drug-likeness (QED) is 0.235. The van der Waals surface area contributed by atoms with Gasteiger partial charge in [0.15, 0.2) is 5.82 Å². The highest BCUT2D eigenvalue weighted by Gasteiger charge is 2.19. The summed E-state index contributed by atoms with van der Waals surface area (Å²) in [6, 6.07) is 28.8. The van der Waals surface area contributed by atoms with Crippen LogP contribution in [0.2, 0.25) is 0 Å². The predicted octanol–water partition coefficient (Wildman–Crippen LogP) is 7.99. The van der Waals surface area contributed by atoms with Crippen molar-refractivity contribution in [2.75, 3.05) is 0 Å². The van der Waals surface area contributed by atoms with Gasteiger partial charge in [0, 0.05) is 11.1 Å². The summed E-state index contributed by atoms with van der Waals surface area (Å²) >= 11 is 0. The molecule has 1 heterocycles. The fraction of sp³-hybridized carbons (Fsp3) is 0.176. The van der Waals surface area contributed by atoms with Crippen LogP contribution >= 0.6 is 0 Å². The van der Waals surface area contributed by atoms with Crippen LogP contribution in [0.4, 0.5) is 11.4 Å². The zero-order valence-electron chi connectivity index (χ0n) is 23.4. The maximum absolute atomic E-state index is 5.15. The minimum Gasteiger partial charge on any atom is -0.257 e. The van der Waals surface area contributed by atoms with Gasteiger partial charge in [-0.1, -0.05) is 96.1 Å². The molecule has 0 spiro atoms. The molecule has 0 amide bonds. The lowest BCUT2D eigenvalue weighted by molar-refractivity contribution is 1.07. The first-order valence-corrected chi connectivity index (χ1v) is 13.2. The molecule has 0 saturated carbocycles. The summed E-state index contributed by atoms with van der Waals surface area (Å²) in [6.45, 7) is 12.6. The van der Waals surface area contributed by atoms with E-state index in [0.29, 0.717) is 17.4 Å². The monoisotopic (exact) mass is 511 g/mol. The number of hydrogen-bond donors (Lipinski definition) is 1. The summed E-state index contributed by atoms with van der Waals surface area (Å²) in [5.41, 5.74) is 12.2. The van der Waals surface area contributed by atoms with Crippen LogP contribution in [0.25, 0.3) is 0 Å². The van der Waals surface area contributed by atoms with Crippen molar-refractivity contribution in [1.82, 2.24) is 15.2 Å². The van der Waals surface area contributed by atoms with Gasteiger partial charge in [0.25, 0.3) is 0 Å². The molecule has 0 aliphatic rings. The first-order chi connectivity index (χ1) is 18.8. The maximum Gasteiger partial charge on any atom is 0.200 e. The largest absolute Gasteiger partial charge is 0.257 e. The molecular weight excluding hydrogens is 478 g/mol. The van der Waals surface area contributed by atoms with Gasteiger partial charge in [-0.25, -0.2) is 15.0 Å². The average Bonchev–Trinajstić information content (AvgIpc) is 3.38. The Bertz CT molecular complexity index is 1520. The van der Waals surface area contributed by atoms with Crippen molar-refractivity contribution >= 4 is 22.8 Å². The molecule has 4 aromatic carbocycles. The standard InChI is InChI=1S/C34H33N5/c1-21-17-23(3)29(24(4)18-21)35-31(27-13-9-7-10-14-27)33-37-34(39-38-33)32(28-15-11-8-12-16-28)36-30-25(5)19-22(2)20-26(30)6/h7-20H,1-6H3,(H,37,38,39). The normalized spacial score (nSPS) is 12.2. The number of nitrogens with zero attached hydrogens (tertiary/aromatic N) is 4. The van der Waals surface area contributed by atoms with Gasteiger partial charge in [0.2, 0.25) is 5.82 Å². The number of aryl methyl sites for hydroxylation is 6. The molecule has 0 atom stereocenters. The lowest BCUT2D eigenvalue weighted by Crippen LogP contribution is -2.08. The van der Waals surface area contributed by atoms with Crippen LogP contribution in [0, 0.1) is 41.5 Å². The molecule has 1 N–H and O–H groups in total. The molecule has 1 aromatic heterocycles. The molecule has 5 aromatic rings. The van der Waals surface area contributed by atoms with Crippen molar-refractivity contribution in [2.24, 2.45) is 9.98 Å². The van der Waals surface area contributed by atoms with Gasteiger partial charge in [0.1, 0.15) is 11.4 Å². The molecule has 5 rings (SSSR count). The molecule has 0 bridgehead atoms. The van der Waals surface area contributed by atoms with Crippen LogP contribution in [0.5, 0.6) is 0 Å². The first kappa shape index (κ1) is 26.0. The number of aliphatic imine (C=N–C) groups is 2. The Kier molecular flexibility index (Phi) is 7.33. The number of nitrogens with one attached hydrogen (secondary N) is 1. The summed E-state index contributed by atoms with van der Waals surface area (Å²) in [5.74, 6) is 1.12. The summed E-state index contributed by atoms with van der Waals surface area (Å²) in [6.07, 6.45) is 0. The third-order valence-electron chi connectivity index (χ3n) is 6.73. The third kappa shape index (κ3) is 5.63. The Hall–Kier alpha value is -4.64. The molecule has 0 radical (unpaired) electrons. The van der Waals surface area contributed by atoms with Gasteiger partial charge in [-0.05, 0) is 63.8 Å². The fourth-order valence-electron chi connectivity index (χ4n) is 5.08. The van der Waals surface area contributed by atoms with E-state index >= 15 is 0 Å². The Balaban J connectivity index is 1.68. The van der Waals surface area contributed by atoms with Gasteiger partial charge in [0.05, 0.1) is 11.4 Å². The van der Waals surface area contributed by atoms with Crippen LogP contribution in [0.3, 0.4) is 0 Å². The highest BCUT2D eigenvalue weighted by Crippen LogP contribution is 2.29. The molecule has 39 heavy (non-hydrogen) atoms. The minimum absolute atomic E-state index is 0.525. The number of rotatable bonds is 6. The second-order valence-electron chi connectivity index (χ2n) is 10.2. The molecular formula is C34H33N5. The summed E-state index contributed by atoms with van der Waals surface area (Å²) in [5, 5.41) is 7.84. The number of H-pyrrole nitrogens is 1. The molecule has 5 heteroatoms. The van der Waals surface area contributed by atoms with Crippen LogP contribution in [0.1, 0.15) is 56.2 Å².